The summed E-state index contributed by atoms with van der Waals surface area (Å²) in [5.74, 6) is 0.128. The number of likely N-dealkylation sites (N-methyl/N-ethyl adjacent to an activating group) is 1. The van der Waals surface area contributed by atoms with Gasteiger partial charge in [0.1, 0.15) is 5.54 Å². The molecule has 3 nitrogen and oxygen atoms in total. The molecule has 3 heteroatoms. The SMILES string of the molecule is CCNc1ccc(C(=O)C2(NCC)C=CC=CC2)cc1. The summed E-state index contributed by atoms with van der Waals surface area (Å²) < 4.78 is 0. The number of carbonyl (C=O) groups excluding carboxylic acids is 1. The third-order valence-electron chi connectivity index (χ3n) is 3.49. The van der Waals surface area contributed by atoms with Crippen molar-refractivity contribution in [1.82, 2.24) is 5.32 Å². The normalized spacial score (nSPS) is 20.9. The van der Waals surface area contributed by atoms with Gasteiger partial charge in [0.05, 0.1) is 0 Å². The van der Waals surface area contributed by atoms with Crippen LogP contribution in [0.4, 0.5) is 5.69 Å². The van der Waals surface area contributed by atoms with E-state index < -0.39 is 5.54 Å². The van der Waals surface area contributed by atoms with Crippen molar-refractivity contribution in [2.45, 2.75) is 25.8 Å². The summed E-state index contributed by atoms with van der Waals surface area (Å²) in [6, 6.07) is 7.70. The van der Waals surface area contributed by atoms with E-state index in [0.717, 1.165) is 24.3 Å². The topological polar surface area (TPSA) is 41.1 Å². The summed E-state index contributed by atoms with van der Waals surface area (Å²) >= 11 is 0. The van der Waals surface area contributed by atoms with Crippen molar-refractivity contribution >= 4 is 11.5 Å². The van der Waals surface area contributed by atoms with Gasteiger partial charge in [-0.3, -0.25) is 4.79 Å². The minimum absolute atomic E-state index is 0.128. The summed E-state index contributed by atoms with van der Waals surface area (Å²) in [5, 5.41) is 6.57. The maximum atomic E-state index is 12.8. The van der Waals surface area contributed by atoms with Crippen LogP contribution < -0.4 is 10.6 Å². The average molecular weight is 270 g/mol. The molecule has 2 N–H and O–H groups in total. The highest BCUT2D eigenvalue weighted by Crippen LogP contribution is 2.24. The molecule has 1 unspecified atom stereocenters. The van der Waals surface area contributed by atoms with Crippen molar-refractivity contribution < 1.29 is 4.79 Å². The van der Waals surface area contributed by atoms with Crippen LogP contribution in [0, 0.1) is 0 Å². The van der Waals surface area contributed by atoms with E-state index in [4.69, 9.17) is 0 Å². The Morgan fingerprint density at radius 3 is 2.45 bits per heavy atom. The Bertz CT molecular complexity index is 516. The summed E-state index contributed by atoms with van der Waals surface area (Å²) in [6.45, 7) is 5.72. The lowest BCUT2D eigenvalue weighted by Crippen LogP contribution is -2.50. The Balaban J connectivity index is 2.23. The second-order valence-corrected chi connectivity index (χ2v) is 4.93. The van der Waals surface area contributed by atoms with E-state index in [1.54, 1.807) is 0 Å². The zero-order valence-corrected chi connectivity index (χ0v) is 12.1. The predicted octanol–water partition coefficient (Wildman–Crippen LogP) is 3.17. The van der Waals surface area contributed by atoms with E-state index in [1.165, 1.54) is 0 Å². The average Bonchev–Trinajstić information content (AvgIpc) is 2.49. The lowest BCUT2D eigenvalue weighted by atomic mass is 9.83. The van der Waals surface area contributed by atoms with Crippen molar-refractivity contribution in [3.63, 3.8) is 0 Å². The van der Waals surface area contributed by atoms with Gasteiger partial charge in [-0.2, -0.15) is 0 Å². The lowest BCUT2D eigenvalue weighted by molar-refractivity contribution is 0.0894. The van der Waals surface area contributed by atoms with Gasteiger partial charge in [-0.1, -0.05) is 31.2 Å². The number of benzene rings is 1. The Morgan fingerprint density at radius 2 is 1.90 bits per heavy atom. The fraction of sp³-hybridized carbons (Fsp3) is 0.353. The molecule has 1 aromatic carbocycles. The molecule has 106 valence electrons. The summed E-state index contributed by atoms with van der Waals surface area (Å²) in [7, 11) is 0. The van der Waals surface area contributed by atoms with E-state index in [9.17, 15) is 4.79 Å². The van der Waals surface area contributed by atoms with Crippen molar-refractivity contribution in [2.75, 3.05) is 18.4 Å². The molecule has 1 atom stereocenters. The monoisotopic (exact) mass is 270 g/mol. The van der Waals surface area contributed by atoms with Crippen molar-refractivity contribution in [2.24, 2.45) is 0 Å². The number of rotatable bonds is 6. The summed E-state index contributed by atoms with van der Waals surface area (Å²) in [6.07, 6.45) is 8.63. The molecule has 0 radical (unpaired) electrons. The first kappa shape index (κ1) is 14.5. The second kappa shape index (κ2) is 6.53. The first-order valence-electron chi connectivity index (χ1n) is 7.20. The quantitative estimate of drug-likeness (QED) is 0.780. The van der Waals surface area contributed by atoms with Gasteiger partial charge >= 0.3 is 0 Å². The fourth-order valence-electron chi connectivity index (χ4n) is 2.52. The van der Waals surface area contributed by atoms with Crippen LogP contribution in [0.15, 0.2) is 48.6 Å². The Morgan fingerprint density at radius 1 is 1.15 bits per heavy atom. The smallest absolute Gasteiger partial charge is 0.187 e. The number of anilines is 1. The standard InChI is InChI=1S/C17H22N2O/c1-3-18-15-10-8-14(9-11-15)16(20)17(19-4-2)12-6-5-7-13-17/h5-12,18-19H,3-4,13H2,1-2H3. The van der Waals surface area contributed by atoms with E-state index >= 15 is 0 Å². The van der Waals surface area contributed by atoms with Crippen LogP contribution in [0.2, 0.25) is 0 Å². The maximum absolute atomic E-state index is 12.8. The highest BCUT2D eigenvalue weighted by molar-refractivity contribution is 6.05. The van der Waals surface area contributed by atoms with Crippen molar-refractivity contribution in [3.8, 4) is 0 Å². The predicted molar refractivity (Wildman–Crippen MR) is 84.2 cm³/mol. The number of ketones is 1. The molecule has 1 aliphatic rings. The Kier molecular flexibility index (Phi) is 4.74. The minimum atomic E-state index is -0.594. The van der Waals surface area contributed by atoms with Gasteiger partial charge < -0.3 is 10.6 Å². The van der Waals surface area contributed by atoms with Gasteiger partial charge in [0.2, 0.25) is 0 Å². The first-order chi connectivity index (χ1) is 9.72. The van der Waals surface area contributed by atoms with Gasteiger partial charge in [-0.05, 0) is 44.2 Å². The molecule has 1 aromatic rings. The molecular formula is C17H22N2O. The molecular weight excluding hydrogens is 248 g/mol. The van der Waals surface area contributed by atoms with Crippen LogP contribution in [0.3, 0.4) is 0 Å². The van der Waals surface area contributed by atoms with Crippen molar-refractivity contribution in [3.05, 3.63) is 54.1 Å². The molecule has 2 rings (SSSR count). The number of carbonyl (C=O) groups is 1. The van der Waals surface area contributed by atoms with Crippen LogP contribution in [-0.2, 0) is 0 Å². The number of allylic oxidation sites excluding steroid dienone is 2. The van der Waals surface area contributed by atoms with E-state index in [0.29, 0.717) is 6.42 Å². The summed E-state index contributed by atoms with van der Waals surface area (Å²) in [4.78, 5) is 12.8. The van der Waals surface area contributed by atoms with Gasteiger partial charge in [-0.25, -0.2) is 0 Å². The van der Waals surface area contributed by atoms with Crippen LogP contribution >= 0.6 is 0 Å². The second-order valence-electron chi connectivity index (χ2n) is 4.93. The third kappa shape index (κ3) is 2.99. The number of hydrogen-bond donors (Lipinski definition) is 2. The molecule has 0 amide bonds. The van der Waals surface area contributed by atoms with Crippen LogP contribution in [-0.4, -0.2) is 24.4 Å². The highest BCUT2D eigenvalue weighted by atomic mass is 16.1. The first-order valence-corrected chi connectivity index (χ1v) is 7.20. The molecule has 0 aromatic heterocycles. The molecule has 20 heavy (non-hydrogen) atoms. The molecule has 1 aliphatic carbocycles. The van der Waals surface area contributed by atoms with Gasteiger partial charge in [-0.15, -0.1) is 0 Å². The largest absolute Gasteiger partial charge is 0.385 e. The van der Waals surface area contributed by atoms with Crippen LogP contribution in [0.1, 0.15) is 30.6 Å². The van der Waals surface area contributed by atoms with Gasteiger partial charge in [0.15, 0.2) is 5.78 Å². The minimum Gasteiger partial charge on any atom is -0.385 e. The third-order valence-corrected chi connectivity index (χ3v) is 3.49. The van der Waals surface area contributed by atoms with Crippen LogP contribution in [0.5, 0.6) is 0 Å². The highest BCUT2D eigenvalue weighted by Gasteiger charge is 2.35. The molecule has 0 spiro atoms. The Hall–Kier alpha value is -1.87. The number of Topliss-reactive ketones (excluding diaryl/α,β-unsaturated/α-hetero) is 1. The van der Waals surface area contributed by atoms with Crippen molar-refractivity contribution in [1.29, 1.82) is 0 Å². The molecule has 0 saturated carbocycles. The fourth-order valence-corrected chi connectivity index (χ4v) is 2.52. The number of nitrogens with one attached hydrogen (secondary N) is 2. The van der Waals surface area contributed by atoms with Gasteiger partial charge in [0, 0.05) is 17.8 Å². The Labute approximate surface area is 120 Å². The lowest BCUT2D eigenvalue weighted by Gasteiger charge is -2.30. The molecule has 0 heterocycles. The zero-order valence-electron chi connectivity index (χ0n) is 12.1. The van der Waals surface area contributed by atoms with E-state index in [2.05, 4.69) is 17.6 Å². The zero-order chi connectivity index (χ0) is 14.4. The van der Waals surface area contributed by atoms with E-state index in [1.807, 2.05) is 55.5 Å². The molecule has 0 bridgehead atoms. The van der Waals surface area contributed by atoms with E-state index in [-0.39, 0.29) is 5.78 Å². The maximum Gasteiger partial charge on any atom is 0.187 e. The van der Waals surface area contributed by atoms with Gasteiger partial charge in [0.25, 0.3) is 0 Å². The van der Waals surface area contributed by atoms with Crippen LogP contribution in [0.25, 0.3) is 0 Å². The molecule has 0 fully saturated rings. The molecule has 0 aliphatic heterocycles. The number of hydrogen-bond acceptors (Lipinski definition) is 3. The molecule has 0 saturated heterocycles. The summed E-state index contributed by atoms with van der Waals surface area (Å²) in [5.41, 5.74) is 1.19.